The minimum absolute atomic E-state index is 0.252. The van der Waals surface area contributed by atoms with Crippen molar-refractivity contribution in [2.75, 3.05) is 6.61 Å². The lowest BCUT2D eigenvalue weighted by atomic mass is 10.2. The van der Waals surface area contributed by atoms with Crippen molar-refractivity contribution in [2.24, 2.45) is 4.99 Å². The Bertz CT molecular complexity index is 618. The first-order valence-corrected chi connectivity index (χ1v) is 7.13. The van der Waals surface area contributed by atoms with Crippen molar-refractivity contribution < 1.29 is 4.74 Å². The molecule has 0 amide bonds. The van der Waals surface area contributed by atoms with Crippen molar-refractivity contribution in [2.45, 2.75) is 19.5 Å². The van der Waals surface area contributed by atoms with E-state index in [0.29, 0.717) is 6.61 Å². The maximum Gasteiger partial charge on any atom is 0.233 e. The molecule has 3 rings (SSSR count). The third-order valence-electron chi connectivity index (χ3n) is 3.15. The Hall–Kier alpha value is -1.55. The van der Waals surface area contributed by atoms with E-state index in [1.165, 1.54) is 5.56 Å². The van der Waals surface area contributed by atoms with Crippen LogP contribution in [0.5, 0.6) is 0 Å². The molecule has 2 aromatic rings. The highest BCUT2D eigenvalue weighted by atomic mass is 79.9. The second kappa shape index (κ2) is 5.21. The lowest BCUT2D eigenvalue weighted by molar-refractivity contribution is 0.322. The molecule has 1 atom stereocenters. The minimum atomic E-state index is 0.252. The van der Waals surface area contributed by atoms with E-state index in [-0.39, 0.29) is 6.04 Å². The van der Waals surface area contributed by atoms with Crippen molar-refractivity contribution in [1.82, 2.24) is 4.57 Å². The molecule has 0 fully saturated rings. The molecule has 0 N–H and O–H groups in total. The normalized spacial score (nSPS) is 18.2. The Kier molecular flexibility index (Phi) is 3.42. The Morgan fingerprint density at radius 3 is 2.89 bits per heavy atom. The predicted octanol–water partition coefficient (Wildman–Crippen LogP) is 3.46. The summed E-state index contributed by atoms with van der Waals surface area (Å²) in [6.07, 6.45) is 2.06. The largest absolute Gasteiger partial charge is 0.474 e. The average molecular weight is 319 g/mol. The van der Waals surface area contributed by atoms with Gasteiger partial charge in [0.25, 0.3) is 0 Å². The average Bonchev–Trinajstić information content (AvgIpc) is 3.01. The molecule has 0 bridgehead atoms. The molecule has 0 saturated carbocycles. The molecule has 0 unspecified atom stereocenters. The number of nitrogens with zero attached hydrogens (tertiary/aromatic N) is 2. The van der Waals surface area contributed by atoms with Crippen LogP contribution in [-0.4, -0.2) is 23.1 Å². The van der Waals surface area contributed by atoms with Crippen molar-refractivity contribution in [1.29, 1.82) is 0 Å². The first kappa shape index (κ1) is 12.5. The Morgan fingerprint density at radius 1 is 1.32 bits per heavy atom. The molecule has 0 radical (unpaired) electrons. The molecular formula is C15H15BrN2O. The molecule has 3 nitrogen and oxygen atoms in total. The number of hydrogen-bond acceptors (Lipinski definition) is 2. The summed E-state index contributed by atoms with van der Waals surface area (Å²) in [4.78, 5) is 4.52. The Labute approximate surface area is 121 Å². The quantitative estimate of drug-likeness (QED) is 0.851. The summed E-state index contributed by atoms with van der Waals surface area (Å²) in [5.74, 6) is 0.754. The van der Waals surface area contributed by atoms with E-state index in [1.807, 2.05) is 18.2 Å². The van der Waals surface area contributed by atoms with Crippen molar-refractivity contribution in [3.8, 4) is 0 Å². The molecule has 19 heavy (non-hydrogen) atoms. The smallest absolute Gasteiger partial charge is 0.233 e. The van der Waals surface area contributed by atoms with Gasteiger partial charge in [0.2, 0.25) is 5.90 Å². The zero-order chi connectivity index (χ0) is 13.2. The van der Waals surface area contributed by atoms with Crippen LogP contribution in [0.2, 0.25) is 0 Å². The van der Waals surface area contributed by atoms with Gasteiger partial charge in [-0.05, 0) is 30.7 Å². The topological polar surface area (TPSA) is 26.5 Å². The highest BCUT2D eigenvalue weighted by Crippen LogP contribution is 2.19. The van der Waals surface area contributed by atoms with Gasteiger partial charge in [0.05, 0.1) is 6.04 Å². The van der Waals surface area contributed by atoms with Crippen LogP contribution in [0.4, 0.5) is 0 Å². The molecule has 98 valence electrons. The van der Waals surface area contributed by atoms with Gasteiger partial charge in [0.15, 0.2) is 0 Å². The molecule has 1 aliphatic heterocycles. The van der Waals surface area contributed by atoms with E-state index in [0.717, 1.165) is 22.6 Å². The zero-order valence-electron chi connectivity index (χ0n) is 10.7. The predicted molar refractivity (Wildman–Crippen MR) is 79.6 cm³/mol. The van der Waals surface area contributed by atoms with Gasteiger partial charge in [0.1, 0.15) is 12.3 Å². The van der Waals surface area contributed by atoms with Crippen LogP contribution in [0.3, 0.4) is 0 Å². The van der Waals surface area contributed by atoms with Crippen LogP contribution in [0.25, 0.3) is 0 Å². The standard InChI is InChI=1S/C15H15BrN2O/c1-11-10-19-15(17-11)14-7-4-8-18(14)9-12-5-2-3-6-13(12)16/h2-8,11H,9-10H2,1H3/t11-/m1/s1. The number of hydrogen-bond donors (Lipinski definition) is 0. The lowest BCUT2D eigenvalue weighted by Gasteiger charge is -2.10. The number of halogens is 1. The fraction of sp³-hybridized carbons (Fsp3) is 0.267. The molecule has 0 spiro atoms. The van der Waals surface area contributed by atoms with Crippen molar-refractivity contribution >= 4 is 21.8 Å². The summed E-state index contributed by atoms with van der Waals surface area (Å²) in [5, 5.41) is 0. The fourth-order valence-corrected chi connectivity index (χ4v) is 2.58. The monoisotopic (exact) mass is 318 g/mol. The van der Waals surface area contributed by atoms with Crippen molar-refractivity contribution in [3.05, 3.63) is 58.3 Å². The first-order chi connectivity index (χ1) is 9.24. The van der Waals surface area contributed by atoms with Crippen molar-refractivity contribution in [3.63, 3.8) is 0 Å². The minimum Gasteiger partial charge on any atom is -0.474 e. The molecule has 1 aromatic carbocycles. The van der Waals surface area contributed by atoms with Gasteiger partial charge in [-0.1, -0.05) is 34.1 Å². The maximum absolute atomic E-state index is 5.64. The number of rotatable bonds is 3. The zero-order valence-corrected chi connectivity index (χ0v) is 12.3. The summed E-state index contributed by atoms with van der Waals surface area (Å²) < 4.78 is 8.92. The van der Waals surface area contributed by atoms with E-state index < -0.39 is 0 Å². The second-order valence-electron chi connectivity index (χ2n) is 4.71. The SMILES string of the molecule is C[C@@H]1COC(c2cccn2Cc2ccccc2Br)=N1. The number of aliphatic imine (C=N–C) groups is 1. The van der Waals surface area contributed by atoms with Crippen LogP contribution in [0.15, 0.2) is 52.1 Å². The number of aromatic nitrogens is 1. The first-order valence-electron chi connectivity index (χ1n) is 6.33. The molecule has 4 heteroatoms. The number of benzene rings is 1. The van der Waals surface area contributed by atoms with Crippen LogP contribution in [0.1, 0.15) is 18.2 Å². The number of ether oxygens (including phenoxy) is 1. The highest BCUT2D eigenvalue weighted by molar-refractivity contribution is 9.10. The molecular weight excluding hydrogens is 304 g/mol. The fourth-order valence-electron chi connectivity index (χ4n) is 2.17. The van der Waals surface area contributed by atoms with E-state index in [9.17, 15) is 0 Å². The van der Waals surface area contributed by atoms with E-state index in [1.54, 1.807) is 0 Å². The summed E-state index contributed by atoms with van der Waals surface area (Å²) in [6, 6.07) is 12.6. The van der Waals surface area contributed by atoms with Gasteiger partial charge in [-0.3, -0.25) is 0 Å². The van der Waals surface area contributed by atoms with Gasteiger partial charge in [-0.25, -0.2) is 4.99 Å². The van der Waals surface area contributed by atoms with Gasteiger partial charge in [-0.15, -0.1) is 0 Å². The summed E-state index contributed by atoms with van der Waals surface area (Å²) in [6.45, 7) is 3.55. The van der Waals surface area contributed by atoms with E-state index >= 15 is 0 Å². The molecule has 1 aromatic heterocycles. The molecule has 0 aliphatic carbocycles. The highest BCUT2D eigenvalue weighted by Gasteiger charge is 2.19. The van der Waals surface area contributed by atoms with Crippen LogP contribution in [-0.2, 0) is 11.3 Å². The lowest BCUT2D eigenvalue weighted by Crippen LogP contribution is -2.10. The van der Waals surface area contributed by atoms with Crippen LogP contribution < -0.4 is 0 Å². The molecule has 0 saturated heterocycles. The summed E-state index contributed by atoms with van der Waals surface area (Å²) >= 11 is 3.58. The van der Waals surface area contributed by atoms with E-state index in [2.05, 4.69) is 56.8 Å². The van der Waals surface area contributed by atoms with Crippen LogP contribution in [0, 0.1) is 0 Å². The van der Waals surface area contributed by atoms with Gasteiger partial charge < -0.3 is 9.30 Å². The second-order valence-corrected chi connectivity index (χ2v) is 5.56. The Balaban J connectivity index is 1.89. The summed E-state index contributed by atoms with van der Waals surface area (Å²) in [7, 11) is 0. The van der Waals surface area contributed by atoms with Gasteiger partial charge in [0, 0.05) is 17.2 Å². The third kappa shape index (κ3) is 2.59. The molecule has 1 aliphatic rings. The van der Waals surface area contributed by atoms with Gasteiger partial charge >= 0.3 is 0 Å². The van der Waals surface area contributed by atoms with Crippen LogP contribution >= 0.6 is 15.9 Å². The Morgan fingerprint density at radius 2 is 2.16 bits per heavy atom. The summed E-state index contributed by atoms with van der Waals surface area (Å²) in [5.41, 5.74) is 2.28. The maximum atomic E-state index is 5.64. The third-order valence-corrected chi connectivity index (χ3v) is 3.92. The molecule has 2 heterocycles. The van der Waals surface area contributed by atoms with E-state index in [4.69, 9.17) is 4.74 Å². The van der Waals surface area contributed by atoms with Gasteiger partial charge in [-0.2, -0.15) is 0 Å².